The molecule has 0 saturated carbocycles. The Morgan fingerprint density at radius 1 is 0.917 bits per heavy atom. The van der Waals surface area contributed by atoms with Crippen LogP contribution in [0.15, 0.2) is 65.8 Å². The lowest BCUT2D eigenvalue weighted by atomic mass is 10.1. The molecule has 0 heterocycles. The van der Waals surface area contributed by atoms with Gasteiger partial charge in [0.15, 0.2) is 11.5 Å². The quantitative estimate of drug-likeness (QED) is 0.181. The number of hydrogen-bond acceptors (Lipinski definition) is 5. The van der Waals surface area contributed by atoms with E-state index >= 15 is 0 Å². The number of anilines is 1. The van der Waals surface area contributed by atoms with Gasteiger partial charge in [-0.3, -0.25) is 9.59 Å². The Kier molecular flexibility index (Phi) is 10.2. The van der Waals surface area contributed by atoms with Crippen molar-refractivity contribution in [1.82, 2.24) is 5.43 Å². The van der Waals surface area contributed by atoms with Crippen LogP contribution in [0.3, 0.4) is 0 Å². The summed E-state index contributed by atoms with van der Waals surface area (Å²) in [7, 11) is 0. The van der Waals surface area contributed by atoms with Crippen molar-refractivity contribution in [2.24, 2.45) is 5.10 Å². The molecule has 3 aromatic rings. The van der Waals surface area contributed by atoms with Crippen molar-refractivity contribution in [3.05, 3.63) is 87.4 Å². The normalized spacial score (nSPS) is 10.8. The molecule has 0 unspecified atom stereocenters. The number of para-hydroxylation sites is 1. The van der Waals surface area contributed by atoms with E-state index in [-0.39, 0.29) is 13.0 Å². The Bertz CT molecular complexity index is 1250. The van der Waals surface area contributed by atoms with E-state index in [1.165, 1.54) is 6.21 Å². The maximum Gasteiger partial charge on any atom is 0.249 e. The Balaban J connectivity index is 1.56. The molecule has 2 N–H and O–H groups in total. The topological polar surface area (TPSA) is 89.0 Å². The van der Waals surface area contributed by atoms with Crippen LogP contribution < -0.4 is 20.2 Å². The molecule has 3 rings (SSSR count). The van der Waals surface area contributed by atoms with Gasteiger partial charge in [0.25, 0.3) is 0 Å². The molecule has 0 saturated heterocycles. The highest BCUT2D eigenvalue weighted by Gasteiger charge is 2.11. The molecular formula is C27H27Cl2N3O4. The van der Waals surface area contributed by atoms with Crippen molar-refractivity contribution < 1.29 is 19.1 Å². The fourth-order valence-electron chi connectivity index (χ4n) is 3.30. The minimum Gasteiger partial charge on any atom is -0.490 e. The van der Waals surface area contributed by atoms with E-state index in [1.54, 1.807) is 42.5 Å². The van der Waals surface area contributed by atoms with Crippen LogP contribution in [0.4, 0.5) is 5.69 Å². The first-order valence-electron chi connectivity index (χ1n) is 11.4. The molecule has 2 amide bonds. The monoisotopic (exact) mass is 527 g/mol. The molecule has 3 aromatic carbocycles. The third-order valence-corrected chi connectivity index (χ3v) is 5.65. The second kappa shape index (κ2) is 13.5. The number of carbonyl (C=O) groups excluding carboxylic acids is 2. The van der Waals surface area contributed by atoms with Gasteiger partial charge < -0.3 is 14.8 Å². The van der Waals surface area contributed by atoms with Crippen LogP contribution in [0.1, 0.15) is 37.0 Å². The zero-order valence-electron chi connectivity index (χ0n) is 20.0. The summed E-state index contributed by atoms with van der Waals surface area (Å²) in [5, 5.41) is 7.78. The van der Waals surface area contributed by atoms with Crippen molar-refractivity contribution in [2.45, 2.75) is 33.3 Å². The molecule has 9 heteroatoms. The second-order valence-electron chi connectivity index (χ2n) is 7.69. The molecule has 0 spiro atoms. The van der Waals surface area contributed by atoms with E-state index in [4.69, 9.17) is 32.7 Å². The predicted molar refractivity (Wildman–Crippen MR) is 143 cm³/mol. The molecule has 0 atom stereocenters. The number of halogens is 2. The fourth-order valence-corrected chi connectivity index (χ4v) is 3.76. The van der Waals surface area contributed by atoms with Crippen LogP contribution in [0.5, 0.6) is 11.5 Å². The van der Waals surface area contributed by atoms with Gasteiger partial charge in [0, 0.05) is 21.3 Å². The largest absolute Gasteiger partial charge is 0.490 e. The minimum absolute atomic E-state index is 0.240. The SMILES string of the molecule is CCOc1cc(C=NNC(=O)CC(=O)Nc2ccccc2CC)ccc1OCc1ccc(Cl)cc1Cl. The van der Waals surface area contributed by atoms with Crippen LogP contribution in [-0.4, -0.2) is 24.6 Å². The first kappa shape index (κ1) is 27.0. The average Bonchev–Trinajstić information content (AvgIpc) is 2.85. The third kappa shape index (κ3) is 8.00. The van der Waals surface area contributed by atoms with Crippen molar-refractivity contribution in [3.63, 3.8) is 0 Å². The molecule has 36 heavy (non-hydrogen) atoms. The number of hydrazone groups is 1. The van der Waals surface area contributed by atoms with E-state index in [2.05, 4.69) is 15.8 Å². The van der Waals surface area contributed by atoms with E-state index < -0.39 is 11.8 Å². The van der Waals surface area contributed by atoms with Crippen molar-refractivity contribution in [1.29, 1.82) is 0 Å². The van der Waals surface area contributed by atoms with Crippen molar-refractivity contribution >= 4 is 46.9 Å². The number of amides is 2. The van der Waals surface area contributed by atoms with Crippen molar-refractivity contribution in [3.8, 4) is 11.5 Å². The van der Waals surface area contributed by atoms with Crippen LogP contribution >= 0.6 is 23.2 Å². The van der Waals surface area contributed by atoms with Gasteiger partial charge in [-0.15, -0.1) is 0 Å². The predicted octanol–water partition coefficient (Wildman–Crippen LogP) is 6.01. The van der Waals surface area contributed by atoms with Crippen LogP contribution in [0, 0.1) is 0 Å². The summed E-state index contributed by atoms with van der Waals surface area (Å²) in [4.78, 5) is 24.3. The molecule has 7 nitrogen and oxygen atoms in total. The number of carbonyl (C=O) groups is 2. The summed E-state index contributed by atoms with van der Waals surface area (Å²) < 4.78 is 11.6. The summed E-state index contributed by atoms with van der Waals surface area (Å²) in [6.07, 6.45) is 1.89. The Morgan fingerprint density at radius 2 is 1.72 bits per heavy atom. The highest BCUT2D eigenvalue weighted by molar-refractivity contribution is 6.35. The summed E-state index contributed by atoms with van der Waals surface area (Å²) in [6.45, 7) is 4.54. The van der Waals surface area contributed by atoms with Crippen molar-refractivity contribution in [2.75, 3.05) is 11.9 Å². The maximum absolute atomic E-state index is 12.2. The average molecular weight is 528 g/mol. The van der Waals surface area contributed by atoms with E-state index in [0.29, 0.717) is 39.4 Å². The van der Waals surface area contributed by atoms with Gasteiger partial charge in [-0.2, -0.15) is 5.10 Å². The van der Waals surface area contributed by atoms with Gasteiger partial charge >= 0.3 is 0 Å². The Morgan fingerprint density at radius 3 is 2.47 bits per heavy atom. The first-order chi connectivity index (χ1) is 17.4. The summed E-state index contributed by atoms with van der Waals surface area (Å²) in [6, 6.07) is 17.9. The number of nitrogens with zero attached hydrogens (tertiary/aromatic N) is 1. The maximum atomic E-state index is 12.2. The Labute approximate surface area is 220 Å². The van der Waals surface area contributed by atoms with Crippen LogP contribution in [-0.2, 0) is 22.6 Å². The van der Waals surface area contributed by atoms with Crippen LogP contribution in [0.2, 0.25) is 10.0 Å². The standard InChI is InChI=1S/C27H27Cl2N3O4/c1-3-19-7-5-6-8-23(19)31-26(33)15-27(34)32-30-16-18-9-12-24(25(13-18)35-4-2)36-17-20-10-11-21(28)14-22(20)29/h5-14,16H,3-4,15,17H2,1-2H3,(H,31,33)(H,32,34). The lowest BCUT2D eigenvalue weighted by Gasteiger charge is -2.13. The Hall–Kier alpha value is -3.55. The lowest BCUT2D eigenvalue weighted by Crippen LogP contribution is -2.25. The zero-order valence-corrected chi connectivity index (χ0v) is 21.5. The molecule has 0 radical (unpaired) electrons. The molecule has 0 aromatic heterocycles. The van der Waals surface area contributed by atoms with E-state index in [9.17, 15) is 9.59 Å². The molecular weight excluding hydrogens is 501 g/mol. The number of aryl methyl sites for hydroxylation is 1. The smallest absolute Gasteiger partial charge is 0.249 e. The van der Waals surface area contributed by atoms with Crippen LogP contribution in [0.25, 0.3) is 0 Å². The fraction of sp³-hybridized carbons (Fsp3) is 0.222. The minimum atomic E-state index is -0.525. The second-order valence-corrected chi connectivity index (χ2v) is 8.54. The number of nitrogens with one attached hydrogen (secondary N) is 2. The van der Waals surface area contributed by atoms with E-state index in [1.807, 2.05) is 32.0 Å². The molecule has 0 fully saturated rings. The van der Waals surface area contributed by atoms with E-state index in [0.717, 1.165) is 17.5 Å². The first-order valence-corrected chi connectivity index (χ1v) is 12.2. The molecule has 0 aliphatic rings. The lowest BCUT2D eigenvalue weighted by molar-refractivity contribution is -0.126. The summed E-state index contributed by atoms with van der Waals surface area (Å²) in [5.74, 6) is 0.118. The number of benzene rings is 3. The van der Waals surface area contributed by atoms with Gasteiger partial charge in [-0.05, 0) is 60.9 Å². The molecule has 0 bridgehead atoms. The van der Waals surface area contributed by atoms with Gasteiger partial charge in [0.1, 0.15) is 13.0 Å². The highest BCUT2D eigenvalue weighted by Crippen LogP contribution is 2.30. The zero-order chi connectivity index (χ0) is 25.9. The van der Waals surface area contributed by atoms with Gasteiger partial charge in [0.2, 0.25) is 11.8 Å². The molecule has 0 aliphatic carbocycles. The highest BCUT2D eigenvalue weighted by atomic mass is 35.5. The number of ether oxygens (including phenoxy) is 2. The number of rotatable bonds is 11. The van der Waals surface area contributed by atoms with Gasteiger partial charge in [0.05, 0.1) is 12.8 Å². The summed E-state index contributed by atoms with van der Waals surface area (Å²) >= 11 is 12.2. The number of hydrogen-bond donors (Lipinski definition) is 2. The molecule has 188 valence electrons. The molecule has 0 aliphatic heterocycles. The van der Waals surface area contributed by atoms with Gasteiger partial charge in [-0.1, -0.05) is 54.4 Å². The van der Waals surface area contributed by atoms with Gasteiger partial charge in [-0.25, -0.2) is 5.43 Å². The summed E-state index contributed by atoms with van der Waals surface area (Å²) in [5.41, 5.74) is 5.54. The third-order valence-electron chi connectivity index (χ3n) is 5.06.